The highest BCUT2D eigenvalue weighted by atomic mass is 16.4. The summed E-state index contributed by atoms with van der Waals surface area (Å²) in [5.74, 6) is -0.723. The van der Waals surface area contributed by atoms with Gasteiger partial charge in [-0.25, -0.2) is 4.98 Å². The van der Waals surface area contributed by atoms with Crippen molar-refractivity contribution in [3.05, 3.63) is 83.6 Å². The fourth-order valence-electron chi connectivity index (χ4n) is 6.66. The molecule has 3 aliphatic rings. The molecular weight excluding hydrogens is 512 g/mol. The summed E-state index contributed by atoms with van der Waals surface area (Å²) in [6, 6.07) is 22.1. The number of carboxylic acids is 1. The zero-order valence-corrected chi connectivity index (χ0v) is 23.6. The normalized spacial score (nSPS) is 20.3. The summed E-state index contributed by atoms with van der Waals surface area (Å²) in [4.78, 5) is 33.3. The van der Waals surface area contributed by atoms with Crippen molar-refractivity contribution in [2.75, 3.05) is 31.5 Å². The summed E-state index contributed by atoms with van der Waals surface area (Å²) in [5, 5.41) is 17.0. The fourth-order valence-corrected chi connectivity index (χ4v) is 6.66. The minimum atomic E-state index is -0.885. The molecule has 3 N–H and O–H groups in total. The number of amides is 1. The predicted molar refractivity (Wildman–Crippen MR) is 161 cm³/mol. The standard InChI is InChI=1S/C34H40N4O3/c39-32(28-13-6-20-38(23-28)21-7-14-29-16-15-25-12-5-19-35-31(25)36-29)37-34(17-18-34)30(33(40)41)27-11-4-10-26(22-27)24-8-2-1-3-9-24/h1-4,8-11,15-16,22,28,30H,5-7,12-14,17-21,23H2,(H,35,36)(H,37,39)(H,40,41)/t28-,30-/m1/s1. The molecule has 0 bridgehead atoms. The van der Waals surface area contributed by atoms with E-state index >= 15 is 0 Å². The number of nitrogens with one attached hydrogen (secondary N) is 2. The summed E-state index contributed by atoms with van der Waals surface area (Å²) in [7, 11) is 0. The maximum atomic E-state index is 13.5. The molecule has 1 saturated heterocycles. The van der Waals surface area contributed by atoms with Crippen molar-refractivity contribution in [3.8, 4) is 11.1 Å². The first kappa shape index (κ1) is 27.5. The Kier molecular flexibility index (Phi) is 8.06. The van der Waals surface area contributed by atoms with Crippen LogP contribution in [0.4, 0.5) is 5.82 Å². The third kappa shape index (κ3) is 6.30. The number of aryl methyl sites for hydroxylation is 2. The van der Waals surface area contributed by atoms with E-state index in [4.69, 9.17) is 4.98 Å². The number of rotatable bonds is 10. The highest BCUT2D eigenvalue weighted by molar-refractivity contribution is 5.85. The topological polar surface area (TPSA) is 94.6 Å². The number of fused-ring (bicyclic) bond motifs is 1. The van der Waals surface area contributed by atoms with Gasteiger partial charge in [-0.15, -0.1) is 0 Å². The molecule has 3 heterocycles. The first-order chi connectivity index (χ1) is 20.0. The van der Waals surface area contributed by atoms with Crippen LogP contribution in [0.2, 0.25) is 0 Å². The molecule has 7 nitrogen and oxygen atoms in total. The lowest BCUT2D eigenvalue weighted by Gasteiger charge is -2.34. The number of carboxylic acid groups (broad SMARTS) is 1. The van der Waals surface area contributed by atoms with Crippen LogP contribution < -0.4 is 10.6 Å². The van der Waals surface area contributed by atoms with Gasteiger partial charge >= 0.3 is 5.97 Å². The van der Waals surface area contributed by atoms with Gasteiger partial charge in [0.2, 0.25) is 5.91 Å². The summed E-state index contributed by atoms with van der Waals surface area (Å²) >= 11 is 0. The third-order valence-corrected chi connectivity index (χ3v) is 9.02. The minimum Gasteiger partial charge on any atom is -0.481 e. The van der Waals surface area contributed by atoms with E-state index in [1.807, 2.05) is 54.6 Å². The van der Waals surface area contributed by atoms with Gasteiger partial charge in [0.15, 0.2) is 0 Å². The Morgan fingerprint density at radius 1 is 1.05 bits per heavy atom. The van der Waals surface area contributed by atoms with Crippen molar-refractivity contribution in [2.45, 2.75) is 62.8 Å². The number of piperidine rings is 1. The Morgan fingerprint density at radius 2 is 1.88 bits per heavy atom. The molecule has 0 radical (unpaired) electrons. The second kappa shape index (κ2) is 12.0. The Bertz CT molecular complexity index is 1390. The highest BCUT2D eigenvalue weighted by Crippen LogP contribution is 2.48. The largest absolute Gasteiger partial charge is 0.481 e. The molecule has 2 aromatic carbocycles. The molecular formula is C34H40N4O3. The molecule has 6 rings (SSSR count). The lowest BCUT2D eigenvalue weighted by Crippen LogP contribution is -2.50. The van der Waals surface area contributed by atoms with Crippen LogP contribution in [0.25, 0.3) is 11.1 Å². The van der Waals surface area contributed by atoms with Crippen LogP contribution in [0.3, 0.4) is 0 Å². The van der Waals surface area contributed by atoms with Crippen LogP contribution in [0.5, 0.6) is 0 Å². The third-order valence-electron chi connectivity index (χ3n) is 9.02. The first-order valence-electron chi connectivity index (χ1n) is 15.2. The number of anilines is 1. The summed E-state index contributed by atoms with van der Waals surface area (Å²) in [6.07, 6.45) is 7.38. The Labute approximate surface area is 242 Å². The SMILES string of the molecule is O=C(NC1([C@@H](C(=O)O)c2cccc(-c3ccccc3)c2)CC1)[C@@H]1CCCN(CCCc2ccc3c(n2)NCCC3)C1. The van der Waals surface area contributed by atoms with Crippen LogP contribution in [0.1, 0.15) is 61.3 Å². The molecule has 1 aliphatic carbocycles. The van der Waals surface area contributed by atoms with E-state index < -0.39 is 17.4 Å². The van der Waals surface area contributed by atoms with Gasteiger partial charge in [-0.3, -0.25) is 9.59 Å². The van der Waals surface area contributed by atoms with E-state index in [1.165, 1.54) is 5.56 Å². The van der Waals surface area contributed by atoms with Gasteiger partial charge in [0.25, 0.3) is 0 Å². The zero-order valence-electron chi connectivity index (χ0n) is 23.6. The smallest absolute Gasteiger partial charge is 0.313 e. The van der Waals surface area contributed by atoms with E-state index in [9.17, 15) is 14.7 Å². The molecule has 1 amide bonds. The summed E-state index contributed by atoms with van der Waals surface area (Å²) in [6.45, 7) is 3.65. The highest BCUT2D eigenvalue weighted by Gasteiger charge is 2.55. The Balaban J connectivity index is 1.06. The molecule has 41 heavy (non-hydrogen) atoms. The first-order valence-corrected chi connectivity index (χ1v) is 15.2. The molecule has 214 valence electrons. The lowest BCUT2D eigenvalue weighted by atomic mass is 9.86. The molecule has 7 heteroatoms. The molecule has 3 aromatic rings. The minimum absolute atomic E-state index is 0.0000854. The number of aromatic nitrogens is 1. The average Bonchev–Trinajstić information content (AvgIpc) is 3.77. The van der Waals surface area contributed by atoms with Crippen molar-refractivity contribution in [2.24, 2.45) is 5.92 Å². The fraction of sp³-hybridized carbons (Fsp3) is 0.441. The maximum absolute atomic E-state index is 13.5. The Hall–Kier alpha value is -3.71. The molecule has 1 aromatic heterocycles. The van der Waals surface area contributed by atoms with Gasteiger partial charge < -0.3 is 20.6 Å². The number of carbonyl (C=O) groups excluding carboxylic acids is 1. The van der Waals surface area contributed by atoms with E-state index in [2.05, 4.69) is 27.7 Å². The van der Waals surface area contributed by atoms with Crippen molar-refractivity contribution < 1.29 is 14.7 Å². The monoisotopic (exact) mass is 552 g/mol. The number of benzene rings is 2. The molecule has 2 aliphatic heterocycles. The number of likely N-dealkylation sites (tertiary alicyclic amines) is 1. The van der Waals surface area contributed by atoms with Gasteiger partial charge in [-0.1, -0.05) is 60.7 Å². The number of nitrogens with zero attached hydrogens (tertiary/aromatic N) is 2. The van der Waals surface area contributed by atoms with Gasteiger partial charge in [-0.05, 0) is 92.8 Å². The average molecular weight is 553 g/mol. The molecule has 2 fully saturated rings. The summed E-state index contributed by atoms with van der Waals surface area (Å²) in [5.41, 5.74) is 4.50. The van der Waals surface area contributed by atoms with Crippen LogP contribution >= 0.6 is 0 Å². The number of pyridine rings is 1. The molecule has 0 unspecified atom stereocenters. The van der Waals surface area contributed by atoms with Crippen molar-refractivity contribution in [3.63, 3.8) is 0 Å². The Morgan fingerprint density at radius 3 is 2.68 bits per heavy atom. The van der Waals surface area contributed by atoms with E-state index in [1.54, 1.807) is 0 Å². The van der Waals surface area contributed by atoms with E-state index in [0.29, 0.717) is 12.8 Å². The number of hydrogen-bond donors (Lipinski definition) is 3. The van der Waals surface area contributed by atoms with Gasteiger partial charge in [-0.2, -0.15) is 0 Å². The maximum Gasteiger partial charge on any atom is 0.313 e. The van der Waals surface area contributed by atoms with Gasteiger partial charge in [0.1, 0.15) is 11.7 Å². The second-order valence-corrected chi connectivity index (χ2v) is 12.0. The van der Waals surface area contributed by atoms with Crippen molar-refractivity contribution in [1.29, 1.82) is 0 Å². The van der Waals surface area contributed by atoms with Crippen molar-refractivity contribution in [1.82, 2.24) is 15.2 Å². The van der Waals surface area contributed by atoms with Crippen molar-refractivity contribution >= 4 is 17.7 Å². The quantitative estimate of drug-likeness (QED) is 0.317. The molecule has 1 saturated carbocycles. The van der Waals surface area contributed by atoms with Crippen LogP contribution in [-0.4, -0.2) is 58.6 Å². The number of hydrogen-bond acceptors (Lipinski definition) is 5. The van der Waals surface area contributed by atoms with Gasteiger partial charge in [0, 0.05) is 18.8 Å². The summed E-state index contributed by atoms with van der Waals surface area (Å²) < 4.78 is 0. The van der Waals surface area contributed by atoms with Gasteiger partial charge in [0.05, 0.1) is 11.5 Å². The molecule has 0 spiro atoms. The zero-order chi connectivity index (χ0) is 28.2. The van der Waals surface area contributed by atoms with Crippen LogP contribution in [-0.2, 0) is 22.4 Å². The molecule has 2 atom stereocenters. The predicted octanol–water partition coefficient (Wildman–Crippen LogP) is 5.27. The lowest BCUT2D eigenvalue weighted by molar-refractivity contribution is -0.140. The number of aliphatic carboxylic acids is 1. The van der Waals surface area contributed by atoms with E-state index in [0.717, 1.165) is 92.9 Å². The van der Waals surface area contributed by atoms with E-state index in [-0.39, 0.29) is 11.8 Å². The van der Waals surface area contributed by atoms with Crippen LogP contribution in [0, 0.1) is 5.92 Å². The second-order valence-electron chi connectivity index (χ2n) is 12.0. The van der Waals surface area contributed by atoms with Crippen LogP contribution in [0.15, 0.2) is 66.7 Å². The number of carbonyl (C=O) groups is 2.